The van der Waals surface area contributed by atoms with E-state index in [0.29, 0.717) is 29.6 Å². The third kappa shape index (κ3) is 4.75. The number of aliphatic imine (C=N–C) groups is 1. The van der Waals surface area contributed by atoms with Crippen LogP contribution >= 0.6 is 11.6 Å². The summed E-state index contributed by atoms with van der Waals surface area (Å²) in [5.74, 6) is 1.14. The van der Waals surface area contributed by atoms with E-state index in [4.69, 9.17) is 11.6 Å². The third-order valence-corrected chi connectivity index (χ3v) is 5.15. The topological polar surface area (TPSA) is 70.4 Å². The van der Waals surface area contributed by atoms with Gasteiger partial charge in [-0.05, 0) is 38.1 Å². The van der Waals surface area contributed by atoms with Gasteiger partial charge in [-0.25, -0.2) is 9.37 Å². The molecule has 1 aromatic heterocycles. The van der Waals surface area contributed by atoms with Crippen LogP contribution < -0.4 is 10.6 Å². The lowest BCUT2D eigenvalue weighted by Gasteiger charge is -2.29. The lowest BCUT2D eigenvalue weighted by molar-refractivity contribution is 0.240. The Bertz CT molecular complexity index is 766. The monoisotopic (exact) mass is 393 g/mol. The van der Waals surface area contributed by atoms with Crippen molar-refractivity contribution in [3.05, 3.63) is 46.8 Å². The lowest BCUT2D eigenvalue weighted by Crippen LogP contribution is -2.43. The Morgan fingerprint density at radius 3 is 2.74 bits per heavy atom. The number of nitrogens with zero attached hydrogens (tertiary/aromatic N) is 5. The van der Waals surface area contributed by atoms with Gasteiger partial charge in [0.25, 0.3) is 0 Å². The summed E-state index contributed by atoms with van der Waals surface area (Å²) in [6.07, 6.45) is 3.74. The predicted molar refractivity (Wildman–Crippen MR) is 104 cm³/mol. The first-order valence-corrected chi connectivity index (χ1v) is 9.43. The average molecular weight is 394 g/mol. The fraction of sp³-hybridized carbons (Fsp3) is 0.500. The quantitative estimate of drug-likeness (QED) is 0.581. The second kappa shape index (κ2) is 9.14. The smallest absolute Gasteiger partial charge is 0.191 e. The molecule has 2 N–H and O–H groups in total. The molecule has 1 unspecified atom stereocenters. The van der Waals surface area contributed by atoms with Crippen molar-refractivity contribution in [1.82, 2.24) is 30.3 Å². The molecular formula is C18H25ClFN7. The van der Waals surface area contributed by atoms with E-state index < -0.39 is 0 Å². The van der Waals surface area contributed by atoms with Gasteiger partial charge in [-0.15, -0.1) is 0 Å². The minimum atomic E-state index is -0.275. The number of aryl methyl sites for hydroxylation is 1. The molecule has 1 aliphatic rings. The first-order valence-electron chi connectivity index (χ1n) is 9.05. The second-order valence-electron chi connectivity index (χ2n) is 6.50. The highest BCUT2D eigenvalue weighted by molar-refractivity contribution is 6.31. The van der Waals surface area contributed by atoms with Crippen LogP contribution in [0.15, 0.2) is 29.5 Å². The Labute approximate surface area is 163 Å². The maximum atomic E-state index is 14.5. The van der Waals surface area contributed by atoms with E-state index >= 15 is 0 Å². The first-order chi connectivity index (χ1) is 13.1. The minimum Gasteiger partial charge on any atom is -0.354 e. The highest BCUT2D eigenvalue weighted by Crippen LogP contribution is 2.31. The molecule has 146 valence electrons. The Balaban J connectivity index is 1.69. The van der Waals surface area contributed by atoms with E-state index in [9.17, 15) is 4.39 Å². The van der Waals surface area contributed by atoms with Crippen molar-refractivity contribution in [2.45, 2.75) is 25.4 Å². The molecule has 7 nitrogen and oxygen atoms in total. The summed E-state index contributed by atoms with van der Waals surface area (Å²) in [5, 5.41) is 11.0. The fourth-order valence-corrected chi connectivity index (χ4v) is 3.64. The molecule has 2 heterocycles. The Kier molecular flexibility index (Phi) is 6.63. The van der Waals surface area contributed by atoms with Crippen molar-refractivity contribution in [2.75, 3.05) is 26.7 Å². The number of hydrogen-bond acceptors (Lipinski definition) is 4. The van der Waals surface area contributed by atoms with Crippen LogP contribution in [0.2, 0.25) is 5.02 Å². The number of likely N-dealkylation sites (tertiary alicyclic amines) is 1. The molecule has 1 aromatic carbocycles. The zero-order chi connectivity index (χ0) is 19.2. The van der Waals surface area contributed by atoms with Crippen LogP contribution in [0.1, 0.15) is 30.3 Å². The van der Waals surface area contributed by atoms with Crippen molar-refractivity contribution in [3.8, 4) is 0 Å². The maximum absolute atomic E-state index is 14.5. The second-order valence-corrected chi connectivity index (χ2v) is 6.91. The van der Waals surface area contributed by atoms with Gasteiger partial charge in [-0.3, -0.25) is 14.6 Å². The summed E-state index contributed by atoms with van der Waals surface area (Å²) in [6.45, 7) is 2.86. The van der Waals surface area contributed by atoms with Crippen LogP contribution in [0.4, 0.5) is 4.39 Å². The third-order valence-electron chi connectivity index (χ3n) is 4.82. The molecule has 0 radical (unpaired) electrons. The van der Waals surface area contributed by atoms with E-state index in [1.165, 1.54) is 12.4 Å². The van der Waals surface area contributed by atoms with Crippen LogP contribution in [-0.2, 0) is 13.6 Å². The van der Waals surface area contributed by atoms with Gasteiger partial charge in [0, 0.05) is 31.2 Å². The molecule has 0 bridgehead atoms. The molecule has 1 atom stereocenters. The van der Waals surface area contributed by atoms with Crippen LogP contribution in [0.25, 0.3) is 0 Å². The fourth-order valence-electron chi connectivity index (χ4n) is 3.35. The number of hydrogen-bond donors (Lipinski definition) is 2. The summed E-state index contributed by atoms with van der Waals surface area (Å²) in [4.78, 5) is 10.7. The molecule has 0 amide bonds. The van der Waals surface area contributed by atoms with Crippen molar-refractivity contribution in [1.29, 1.82) is 0 Å². The molecule has 1 fully saturated rings. The van der Waals surface area contributed by atoms with Gasteiger partial charge < -0.3 is 10.6 Å². The first kappa shape index (κ1) is 19.6. The molecular weight excluding hydrogens is 369 g/mol. The Hall–Kier alpha value is -2.19. The largest absolute Gasteiger partial charge is 0.354 e. The normalized spacial score (nSPS) is 16.5. The van der Waals surface area contributed by atoms with Gasteiger partial charge in [0.15, 0.2) is 5.96 Å². The summed E-state index contributed by atoms with van der Waals surface area (Å²) in [6, 6.07) is 4.68. The van der Waals surface area contributed by atoms with Gasteiger partial charge in [-0.1, -0.05) is 17.7 Å². The highest BCUT2D eigenvalue weighted by atomic mass is 35.5. The molecule has 0 spiro atoms. The van der Waals surface area contributed by atoms with Gasteiger partial charge in [-0.2, -0.15) is 5.10 Å². The van der Waals surface area contributed by atoms with E-state index in [0.717, 1.165) is 31.8 Å². The van der Waals surface area contributed by atoms with Gasteiger partial charge >= 0.3 is 0 Å². The number of nitrogens with one attached hydrogen (secondary N) is 2. The number of guanidine groups is 1. The van der Waals surface area contributed by atoms with E-state index in [2.05, 4.69) is 30.6 Å². The summed E-state index contributed by atoms with van der Waals surface area (Å²) in [5.41, 5.74) is 0.539. The maximum Gasteiger partial charge on any atom is 0.191 e. The van der Waals surface area contributed by atoms with Crippen LogP contribution in [0.3, 0.4) is 0 Å². The van der Waals surface area contributed by atoms with E-state index in [1.807, 2.05) is 7.05 Å². The zero-order valence-corrected chi connectivity index (χ0v) is 16.4. The molecule has 9 heteroatoms. The molecule has 27 heavy (non-hydrogen) atoms. The number of rotatable bonds is 6. The van der Waals surface area contributed by atoms with Crippen LogP contribution in [0.5, 0.6) is 0 Å². The standard InChI is InChI=1S/C18H25ClFN7/c1-21-18(23-11-16-24-12-25-26(16)2)22-10-15(27-8-3-4-9-27)17-13(19)6-5-7-14(17)20/h5-7,12,15H,3-4,8-11H2,1-2H3,(H2,21,22,23). The molecule has 3 rings (SSSR count). The number of halogens is 2. The summed E-state index contributed by atoms with van der Waals surface area (Å²) >= 11 is 6.34. The van der Waals surface area contributed by atoms with Crippen LogP contribution in [0, 0.1) is 5.82 Å². The van der Waals surface area contributed by atoms with Gasteiger partial charge in [0.1, 0.15) is 18.0 Å². The van der Waals surface area contributed by atoms with E-state index in [1.54, 1.807) is 23.9 Å². The Morgan fingerprint density at radius 2 is 2.11 bits per heavy atom. The van der Waals surface area contributed by atoms with Crippen LogP contribution in [-0.4, -0.2) is 52.3 Å². The van der Waals surface area contributed by atoms with Crippen molar-refractivity contribution in [3.63, 3.8) is 0 Å². The highest BCUT2D eigenvalue weighted by Gasteiger charge is 2.27. The van der Waals surface area contributed by atoms with Crippen molar-refractivity contribution in [2.24, 2.45) is 12.0 Å². The van der Waals surface area contributed by atoms with Gasteiger partial charge in [0.2, 0.25) is 0 Å². The molecule has 2 aromatic rings. The van der Waals surface area contributed by atoms with Crippen molar-refractivity contribution < 1.29 is 4.39 Å². The average Bonchev–Trinajstić information content (AvgIpc) is 3.32. The summed E-state index contributed by atoms with van der Waals surface area (Å²) < 4.78 is 16.2. The predicted octanol–water partition coefficient (Wildman–Crippen LogP) is 2.11. The molecule has 1 aliphatic heterocycles. The minimum absolute atomic E-state index is 0.158. The Morgan fingerprint density at radius 1 is 1.33 bits per heavy atom. The molecule has 1 saturated heterocycles. The van der Waals surface area contributed by atoms with E-state index in [-0.39, 0.29) is 11.9 Å². The summed E-state index contributed by atoms with van der Waals surface area (Å²) in [7, 11) is 3.54. The van der Waals surface area contributed by atoms with Crippen molar-refractivity contribution >= 4 is 17.6 Å². The molecule has 0 aliphatic carbocycles. The van der Waals surface area contributed by atoms with Gasteiger partial charge in [0.05, 0.1) is 12.6 Å². The number of aromatic nitrogens is 3. The lowest BCUT2D eigenvalue weighted by atomic mass is 10.0. The number of benzene rings is 1. The molecule has 0 saturated carbocycles. The zero-order valence-electron chi connectivity index (χ0n) is 15.6. The SMILES string of the molecule is CN=C(NCc1ncnn1C)NCC(c1c(F)cccc1Cl)N1CCCC1.